The molecule has 1 N–H and O–H groups in total. The van der Waals surface area contributed by atoms with Gasteiger partial charge in [0.25, 0.3) is 11.7 Å². The zero-order valence-corrected chi connectivity index (χ0v) is 17.7. The SMILES string of the molecule is COc1c(Cl)cc(/C(O)=C2/C(=O)C(=O)N(Cc3ccncc3)C2c2ccco2)cc1Cl. The minimum Gasteiger partial charge on any atom is -0.507 e. The van der Waals surface area contributed by atoms with Crippen LogP contribution in [-0.4, -0.2) is 33.8 Å². The third-order valence-electron chi connectivity index (χ3n) is 4.93. The first-order valence-corrected chi connectivity index (χ1v) is 9.92. The number of aliphatic hydroxyl groups is 1. The fourth-order valence-corrected chi connectivity index (χ4v) is 4.16. The summed E-state index contributed by atoms with van der Waals surface area (Å²) >= 11 is 12.4. The van der Waals surface area contributed by atoms with E-state index in [1.54, 1.807) is 36.7 Å². The van der Waals surface area contributed by atoms with Gasteiger partial charge in [0.15, 0.2) is 5.75 Å². The highest BCUT2D eigenvalue weighted by atomic mass is 35.5. The summed E-state index contributed by atoms with van der Waals surface area (Å²) in [6, 6.07) is 8.65. The molecule has 158 valence electrons. The van der Waals surface area contributed by atoms with Crippen LogP contribution in [0.5, 0.6) is 5.75 Å². The third kappa shape index (κ3) is 3.78. The molecular formula is C22H16Cl2N2O5. The number of hydrogen-bond donors (Lipinski definition) is 1. The van der Waals surface area contributed by atoms with Crippen LogP contribution in [-0.2, 0) is 16.1 Å². The number of hydrogen-bond acceptors (Lipinski definition) is 6. The number of aromatic nitrogens is 1. The summed E-state index contributed by atoms with van der Waals surface area (Å²) in [5.41, 5.74) is 0.824. The predicted octanol–water partition coefficient (Wildman–Crippen LogP) is 4.61. The molecule has 4 rings (SSSR count). The highest BCUT2D eigenvalue weighted by Crippen LogP contribution is 2.42. The van der Waals surface area contributed by atoms with Crippen LogP contribution in [0.15, 0.2) is 65.0 Å². The lowest BCUT2D eigenvalue weighted by atomic mass is 9.99. The van der Waals surface area contributed by atoms with Crippen molar-refractivity contribution >= 4 is 40.7 Å². The topological polar surface area (TPSA) is 92.9 Å². The number of Topliss-reactive ketones (excluding diaryl/α,β-unsaturated/α-hetero) is 1. The number of ether oxygens (including phenoxy) is 1. The molecule has 0 saturated carbocycles. The lowest BCUT2D eigenvalue weighted by molar-refractivity contribution is -0.140. The molecule has 31 heavy (non-hydrogen) atoms. The summed E-state index contributed by atoms with van der Waals surface area (Å²) in [5.74, 6) is -1.44. The Labute approximate surface area is 187 Å². The van der Waals surface area contributed by atoms with E-state index >= 15 is 0 Å². The van der Waals surface area contributed by atoms with Gasteiger partial charge in [-0.05, 0) is 42.0 Å². The van der Waals surface area contributed by atoms with E-state index in [0.717, 1.165) is 5.56 Å². The monoisotopic (exact) mass is 458 g/mol. The lowest BCUT2D eigenvalue weighted by Gasteiger charge is -2.23. The zero-order chi connectivity index (χ0) is 22.1. The van der Waals surface area contributed by atoms with Gasteiger partial charge in [0, 0.05) is 24.5 Å². The Kier molecular flexibility index (Phi) is 5.71. The fraction of sp³-hybridized carbons (Fsp3) is 0.136. The number of likely N-dealkylation sites (tertiary alicyclic amines) is 1. The second-order valence-corrected chi connectivity index (χ2v) is 7.59. The first-order valence-electron chi connectivity index (χ1n) is 9.16. The lowest BCUT2D eigenvalue weighted by Crippen LogP contribution is -2.29. The first-order chi connectivity index (χ1) is 14.9. The van der Waals surface area contributed by atoms with E-state index in [-0.39, 0.29) is 33.5 Å². The van der Waals surface area contributed by atoms with E-state index in [0.29, 0.717) is 5.76 Å². The van der Waals surface area contributed by atoms with Crippen molar-refractivity contribution in [2.24, 2.45) is 0 Å². The van der Waals surface area contributed by atoms with Crippen molar-refractivity contribution in [3.05, 3.63) is 87.6 Å². The third-order valence-corrected chi connectivity index (χ3v) is 5.49. The quantitative estimate of drug-likeness (QED) is 0.340. The number of rotatable bonds is 5. The van der Waals surface area contributed by atoms with Crippen LogP contribution in [0.1, 0.15) is 22.9 Å². The highest BCUT2D eigenvalue weighted by molar-refractivity contribution is 6.46. The van der Waals surface area contributed by atoms with Crippen molar-refractivity contribution in [2.45, 2.75) is 12.6 Å². The number of halogens is 2. The molecule has 1 aliphatic rings. The molecule has 7 nitrogen and oxygen atoms in total. The van der Waals surface area contributed by atoms with Gasteiger partial charge < -0.3 is 19.2 Å². The van der Waals surface area contributed by atoms with Gasteiger partial charge in [0.1, 0.15) is 17.6 Å². The fourth-order valence-electron chi connectivity index (χ4n) is 3.52. The molecule has 0 radical (unpaired) electrons. The van der Waals surface area contributed by atoms with E-state index < -0.39 is 23.5 Å². The summed E-state index contributed by atoms with van der Waals surface area (Å²) in [4.78, 5) is 31.2. The maximum Gasteiger partial charge on any atom is 0.296 e. The zero-order valence-electron chi connectivity index (χ0n) is 16.2. The van der Waals surface area contributed by atoms with Gasteiger partial charge >= 0.3 is 0 Å². The second kappa shape index (κ2) is 8.45. The minimum atomic E-state index is -0.928. The van der Waals surface area contributed by atoms with Crippen molar-refractivity contribution in [1.82, 2.24) is 9.88 Å². The number of amides is 1. The molecule has 1 aromatic carbocycles. The van der Waals surface area contributed by atoms with E-state index in [2.05, 4.69) is 4.98 Å². The number of benzene rings is 1. The summed E-state index contributed by atoms with van der Waals surface area (Å²) < 4.78 is 10.6. The second-order valence-electron chi connectivity index (χ2n) is 6.77. The van der Waals surface area contributed by atoms with Crippen molar-refractivity contribution < 1.29 is 23.8 Å². The van der Waals surface area contributed by atoms with E-state index in [1.165, 1.54) is 30.4 Å². The summed E-state index contributed by atoms with van der Waals surface area (Å²) in [6.07, 6.45) is 4.62. The molecule has 3 heterocycles. The van der Waals surface area contributed by atoms with E-state index in [9.17, 15) is 14.7 Å². The number of furan rings is 1. The largest absolute Gasteiger partial charge is 0.507 e. The van der Waals surface area contributed by atoms with Crippen molar-refractivity contribution in [1.29, 1.82) is 0 Å². The van der Waals surface area contributed by atoms with Gasteiger partial charge in [-0.3, -0.25) is 14.6 Å². The normalized spacial score (nSPS) is 17.9. The molecule has 1 saturated heterocycles. The van der Waals surface area contributed by atoms with E-state index in [1.807, 2.05) is 0 Å². The molecule has 3 aromatic rings. The Morgan fingerprint density at radius 2 is 1.87 bits per heavy atom. The van der Waals surface area contributed by atoms with Crippen LogP contribution in [0.3, 0.4) is 0 Å². The molecule has 1 fully saturated rings. The van der Waals surface area contributed by atoms with Gasteiger partial charge in [-0.1, -0.05) is 23.2 Å². The Balaban J connectivity index is 1.85. The standard InChI is InChI=1S/C22H16Cl2N2O5/c1-30-21-14(23)9-13(10-15(21)24)19(27)17-18(16-3-2-8-31-16)26(22(29)20(17)28)11-12-4-6-25-7-5-12/h2-10,18,27H,11H2,1H3/b19-17-. The van der Waals surface area contributed by atoms with Crippen LogP contribution >= 0.6 is 23.2 Å². The Morgan fingerprint density at radius 1 is 1.19 bits per heavy atom. The number of carbonyl (C=O) groups is 2. The predicted molar refractivity (Wildman–Crippen MR) is 114 cm³/mol. The van der Waals surface area contributed by atoms with Gasteiger partial charge in [-0.15, -0.1) is 0 Å². The molecule has 1 atom stereocenters. The number of nitrogens with zero attached hydrogens (tertiary/aromatic N) is 2. The number of ketones is 1. The van der Waals surface area contributed by atoms with Crippen LogP contribution in [0, 0.1) is 0 Å². The Morgan fingerprint density at radius 3 is 2.45 bits per heavy atom. The van der Waals surface area contributed by atoms with Gasteiger partial charge in [0.05, 0.1) is 29.0 Å². The van der Waals surface area contributed by atoms with Crippen LogP contribution in [0.2, 0.25) is 10.0 Å². The number of methoxy groups -OCH3 is 1. The van der Waals surface area contributed by atoms with Gasteiger partial charge in [-0.25, -0.2) is 0 Å². The maximum absolute atomic E-state index is 13.0. The molecule has 9 heteroatoms. The smallest absolute Gasteiger partial charge is 0.296 e. The van der Waals surface area contributed by atoms with Crippen molar-refractivity contribution in [3.63, 3.8) is 0 Å². The summed E-state index contributed by atoms with van der Waals surface area (Å²) in [7, 11) is 1.41. The average molecular weight is 459 g/mol. The molecule has 0 aliphatic carbocycles. The highest BCUT2D eigenvalue weighted by Gasteiger charge is 2.47. The van der Waals surface area contributed by atoms with Gasteiger partial charge in [0.2, 0.25) is 0 Å². The molecule has 0 bridgehead atoms. The van der Waals surface area contributed by atoms with E-state index in [4.69, 9.17) is 32.4 Å². The molecule has 0 spiro atoms. The molecule has 2 aromatic heterocycles. The molecular weight excluding hydrogens is 443 g/mol. The molecule has 1 amide bonds. The number of pyridine rings is 1. The van der Waals surface area contributed by atoms with Crippen LogP contribution in [0.4, 0.5) is 0 Å². The van der Waals surface area contributed by atoms with Crippen LogP contribution in [0.25, 0.3) is 5.76 Å². The van der Waals surface area contributed by atoms with Crippen molar-refractivity contribution in [3.8, 4) is 5.75 Å². The first kappa shape index (κ1) is 21.0. The van der Waals surface area contributed by atoms with Crippen molar-refractivity contribution in [2.75, 3.05) is 7.11 Å². The summed E-state index contributed by atoms with van der Waals surface area (Å²) in [6.45, 7) is 0.124. The minimum absolute atomic E-state index is 0.119. The van der Waals surface area contributed by atoms with Gasteiger partial charge in [-0.2, -0.15) is 0 Å². The summed E-state index contributed by atoms with van der Waals surface area (Å²) in [5, 5.41) is 11.3. The Hall–Kier alpha value is -3.29. The number of aliphatic hydroxyl groups excluding tert-OH is 1. The number of carbonyl (C=O) groups excluding carboxylic acids is 2. The maximum atomic E-state index is 13.0. The molecule has 1 aliphatic heterocycles. The van der Waals surface area contributed by atoms with Crippen LogP contribution < -0.4 is 4.74 Å². The molecule has 1 unspecified atom stereocenters. The Bertz CT molecular complexity index is 1150. The average Bonchev–Trinajstić information content (AvgIpc) is 3.36.